The zero-order valence-electron chi connectivity index (χ0n) is 12.4. The molecule has 0 spiro atoms. The van der Waals surface area contributed by atoms with E-state index in [1.165, 1.54) is 18.8 Å². The number of hydrogen-bond donors (Lipinski definition) is 2. The maximum Gasteiger partial charge on any atom is 0.321 e. The molecule has 0 atom stereocenters. The van der Waals surface area contributed by atoms with Crippen molar-refractivity contribution < 1.29 is 9.59 Å². The van der Waals surface area contributed by atoms with Crippen LogP contribution in [0.1, 0.15) is 6.92 Å². The van der Waals surface area contributed by atoms with Crippen LogP contribution in [0.4, 0.5) is 4.79 Å². The van der Waals surface area contributed by atoms with E-state index in [1.807, 2.05) is 41.8 Å². The van der Waals surface area contributed by atoms with Crippen LogP contribution >= 0.6 is 11.8 Å². The van der Waals surface area contributed by atoms with Gasteiger partial charge in [0, 0.05) is 19.2 Å². The summed E-state index contributed by atoms with van der Waals surface area (Å²) in [6.07, 6.45) is 0. The van der Waals surface area contributed by atoms with E-state index in [1.54, 1.807) is 0 Å². The minimum absolute atomic E-state index is 0.0976. The summed E-state index contributed by atoms with van der Waals surface area (Å²) in [7, 11) is 1.45. The third-order valence-electron chi connectivity index (χ3n) is 2.88. The van der Waals surface area contributed by atoms with Crippen molar-refractivity contribution in [1.29, 1.82) is 0 Å². The number of hydrogen-bond acceptors (Lipinski definition) is 5. The van der Waals surface area contributed by atoms with Gasteiger partial charge in [0.2, 0.25) is 5.91 Å². The molecule has 2 aromatic rings. The second-order valence-corrected chi connectivity index (χ2v) is 5.27. The van der Waals surface area contributed by atoms with E-state index in [2.05, 4.69) is 20.8 Å². The first-order chi connectivity index (χ1) is 10.7. The number of benzene rings is 1. The van der Waals surface area contributed by atoms with Crippen LogP contribution in [0.3, 0.4) is 0 Å². The van der Waals surface area contributed by atoms with Crippen molar-refractivity contribution in [2.45, 2.75) is 18.6 Å². The summed E-state index contributed by atoms with van der Waals surface area (Å²) < 4.78 is 1.94. The van der Waals surface area contributed by atoms with Gasteiger partial charge in [-0.1, -0.05) is 42.1 Å². The van der Waals surface area contributed by atoms with E-state index in [0.29, 0.717) is 11.7 Å². The van der Waals surface area contributed by atoms with E-state index >= 15 is 0 Å². The Morgan fingerprint density at radius 3 is 2.59 bits per heavy atom. The highest BCUT2D eigenvalue weighted by Crippen LogP contribution is 2.23. The van der Waals surface area contributed by atoms with Crippen LogP contribution in [-0.4, -0.2) is 39.5 Å². The van der Waals surface area contributed by atoms with Gasteiger partial charge in [-0.2, -0.15) is 0 Å². The molecule has 0 saturated heterocycles. The number of urea groups is 1. The molecule has 1 heterocycles. The van der Waals surface area contributed by atoms with Gasteiger partial charge in [-0.15, -0.1) is 10.2 Å². The predicted molar refractivity (Wildman–Crippen MR) is 84.5 cm³/mol. The lowest BCUT2D eigenvalue weighted by Gasteiger charge is -2.07. The molecule has 0 fully saturated rings. The molecule has 0 saturated carbocycles. The molecule has 1 aromatic carbocycles. The predicted octanol–water partition coefficient (Wildman–Crippen LogP) is 1.51. The molecule has 0 aliphatic carbocycles. The van der Waals surface area contributed by atoms with Crippen LogP contribution in [-0.2, 0) is 11.3 Å². The van der Waals surface area contributed by atoms with Crippen LogP contribution < -0.4 is 10.6 Å². The number of carbonyl (C=O) groups is 2. The average molecular weight is 319 g/mol. The Kier molecular flexibility index (Phi) is 5.54. The van der Waals surface area contributed by atoms with Crippen molar-refractivity contribution >= 4 is 23.7 Å². The van der Waals surface area contributed by atoms with Gasteiger partial charge in [0.1, 0.15) is 0 Å². The molecule has 2 N–H and O–H groups in total. The summed E-state index contributed by atoms with van der Waals surface area (Å²) in [5, 5.41) is 13.5. The number of imide groups is 1. The van der Waals surface area contributed by atoms with Crippen molar-refractivity contribution in [2.24, 2.45) is 0 Å². The first-order valence-corrected chi connectivity index (χ1v) is 7.77. The van der Waals surface area contributed by atoms with E-state index in [4.69, 9.17) is 0 Å². The first-order valence-electron chi connectivity index (χ1n) is 6.78. The number of rotatable bonds is 5. The fraction of sp³-hybridized carbons (Fsp3) is 0.286. The SMILES string of the molecule is CCn1c(SCC(=O)NC(=O)NC)nnc1-c1ccccc1. The lowest BCUT2D eigenvalue weighted by Crippen LogP contribution is -2.38. The van der Waals surface area contributed by atoms with Crippen molar-refractivity contribution in [3.63, 3.8) is 0 Å². The van der Waals surface area contributed by atoms with Gasteiger partial charge in [0.05, 0.1) is 5.75 Å². The molecular weight excluding hydrogens is 302 g/mol. The Labute approximate surface area is 132 Å². The summed E-state index contributed by atoms with van der Waals surface area (Å²) in [4.78, 5) is 22.7. The minimum Gasteiger partial charge on any atom is -0.341 e. The van der Waals surface area contributed by atoms with Crippen molar-refractivity contribution in [1.82, 2.24) is 25.4 Å². The maximum absolute atomic E-state index is 11.6. The van der Waals surface area contributed by atoms with E-state index in [-0.39, 0.29) is 11.7 Å². The molecule has 0 bridgehead atoms. The number of aromatic nitrogens is 3. The summed E-state index contributed by atoms with van der Waals surface area (Å²) in [6.45, 7) is 2.68. The quantitative estimate of drug-likeness (QED) is 0.816. The monoisotopic (exact) mass is 319 g/mol. The molecule has 0 aliphatic rings. The third-order valence-corrected chi connectivity index (χ3v) is 3.84. The van der Waals surface area contributed by atoms with Crippen molar-refractivity contribution in [3.8, 4) is 11.4 Å². The molecule has 1 aromatic heterocycles. The zero-order valence-corrected chi connectivity index (χ0v) is 13.2. The summed E-state index contributed by atoms with van der Waals surface area (Å²) >= 11 is 1.25. The van der Waals surface area contributed by atoms with Crippen LogP contribution in [0.5, 0.6) is 0 Å². The second-order valence-electron chi connectivity index (χ2n) is 4.33. The first kappa shape index (κ1) is 16.0. The Balaban J connectivity index is 2.08. The Morgan fingerprint density at radius 2 is 1.95 bits per heavy atom. The van der Waals surface area contributed by atoms with Crippen LogP contribution in [0, 0.1) is 0 Å². The fourth-order valence-electron chi connectivity index (χ4n) is 1.84. The highest BCUT2D eigenvalue weighted by atomic mass is 32.2. The van der Waals surface area contributed by atoms with E-state index in [9.17, 15) is 9.59 Å². The number of amides is 3. The number of nitrogens with zero attached hydrogens (tertiary/aromatic N) is 3. The molecule has 0 aliphatic heterocycles. The second kappa shape index (κ2) is 7.60. The maximum atomic E-state index is 11.6. The molecule has 3 amide bonds. The van der Waals surface area contributed by atoms with Gasteiger partial charge in [-0.25, -0.2) is 4.79 Å². The Morgan fingerprint density at radius 1 is 1.23 bits per heavy atom. The van der Waals surface area contributed by atoms with Gasteiger partial charge < -0.3 is 9.88 Å². The van der Waals surface area contributed by atoms with Gasteiger partial charge >= 0.3 is 6.03 Å². The number of thioether (sulfide) groups is 1. The lowest BCUT2D eigenvalue weighted by atomic mass is 10.2. The Bertz CT molecular complexity index is 657. The molecule has 7 nitrogen and oxygen atoms in total. The summed E-state index contributed by atoms with van der Waals surface area (Å²) in [6, 6.07) is 9.22. The normalized spacial score (nSPS) is 10.3. The molecule has 116 valence electrons. The van der Waals surface area contributed by atoms with E-state index < -0.39 is 6.03 Å². The Hall–Kier alpha value is -2.35. The van der Waals surface area contributed by atoms with Crippen LogP contribution in [0.25, 0.3) is 11.4 Å². The molecular formula is C14H17N5O2S. The largest absolute Gasteiger partial charge is 0.341 e. The highest BCUT2D eigenvalue weighted by Gasteiger charge is 2.14. The molecule has 22 heavy (non-hydrogen) atoms. The smallest absolute Gasteiger partial charge is 0.321 e. The summed E-state index contributed by atoms with van der Waals surface area (Å²) in [5.41, 5.74) is 0.971. The fourth-order valence-corrected chi connectivity index (χ4v) is 2.64. The van der Waals surface area contributed by atoms with Crippen LogP contribution in [0.2, 0.25) is 0 Å². The molecule has 8 heteroatoms. The van der Waals surface area contributed by atoms with Crippen LogP contribution in [0.15, 0.2) is 35.5 Å². The summed E-state index contributed by atoms with van der Waals surface area (Å²) in [5.74, 6) is 0.481. The van der Waals surface area contributed by atoms with Gasteiger partial charge in [-0.05, 0) is 6.92 Å². The third kappa shape index (κ3) is 3.85. The lowest BCUT2D eigenvalue weighted by molar-refractivity contribution is -0.117. The molecule has 0 radical (unpaired) electrons. The van der Waals surface area contributed by atoms with E-state index in [0.717, 1.165) is 11.4 Å². The highest BCUT2D eigenvalue weighted by molar-refractivity contribution is 7.99. The zero-order chi connectivity index (χ0) is 15.9. The van der Waals surface area contributed by atoms with Crippen molar-refractivity contribution in [2.75, 3.05) is 12.8 Å². The number of carbonyl (C=O) groups excluding carboxylic acids is 2. The average Bonchev–Trinajstić information content (AvgIpc) is 2.96. The molecule has 2 rings (SSSR count). The standard InChI is InChI=1S/C14H17N5O2S/c1-3-19-12(10-7-5-4-6-8-10)17-18-14(19)22-9-11(20)16-13(21)15-2/h4-8H,3,9H2,1-2H3,(H2,15,16,20,21). The van der Waals surface area contributed by atoms with Gasteiger partial charge in [0.25, 0.3) is 0 Å². The van der Waals surface area contributed by atoms with Gasteiger partial charge in [-0.3, -0.25) is 10.1 Å². The molecule has 0 unspecified atom stereocenters. The van der Waals surface area contributed by atoms with Crippen molar-refractivity contribution in [3.05, 3.63) is 30.3 Å². The number of nitrogens with one attached hydrogen (secondary N) is 2. The minimum atomic E-state index is -0.521. The topological polar surface area (TPSA) is 88.9 Å². The van der Waals surface area contributed by atoms with Gasteiger partial charge in [0.15, 0.2) is 11.0 Å².